The Bertz CT molecular complexity index is 299. The lowest BCUT2D eigenvalue weighted by molar-refractivity contribution is -0.898. The first-order valence-corrected chi connectivity index (χ1v) is 12.7. The summed E-state index contributed by atoms with van der Waals surface area (Å²) in [6.07, 6.45) is 25.8. The Kier molecular flexibility index (Phi) is 16.6. The number of rotatable bonds is 20. The lowest BCUT2D eigenvalue weighted by Gasteiger charge is -2.28. The second-order valence-electron chi connectivity index (χ2n) is 9.41. The van der Waals surface area contributed by atoms with Gasteiger partial charge in [0.25, 0.3) is 0 Å². The van der Waals surface area contributed by atoms with Gasteiger partial charge in [-0.15, -0.1) is 0 Å². The van der Waals surface area contributed by atoms with Crippen molar-refractivity contribution in [3.8, 4) is 0 Å². The fourth-order valence-corrected chi connectivity index (χ4v) is 4.46. The molecule has 162 valence electrons. The van der Waals surface area contributed by atoms with Crippen molar-refractivity contribution in [3.63, 3.8) is 0 Å². The fraction of sp³-hybridized carbons (Fsp3) is 1.00. The minimum Gasteiger partial charge on any atom is -0.376 e. The third kappa shape index (κ3) is 15.5. The number of hydrogen-bond donors (Lipinski definition) is 0. The summed E-state index contributed by atoms with van der Waals surface area (Å²) in [5.41, 5.74) is 0. The molecule has 0 saturated carbocycles. The molecule has 0 radical (unpaired) electrons. The molecule has 0 atom stereocenters. The van der Waals surface area contributed by atoms with Crippen molar-refractivity contribution >= 4 is 0 Å². The van der Waals surface area contributed by atoms with E-state index < -0.39 is 0 Å². The van der Waals surface area contributed by atoms with Crippen LogP contribution in [0.4, 0.5) is 0 Å². The van der Waals surface area contributed by atoms with Crippen LogP contribution in [0, 0.1) is 0 Å². The van der Waals surface area contributed by atoms with Crippen molar-refractivity contribution < 1.29 is 9.22 Å². The van der Waals surface area contributed by atoms with Gasteiger partial charge in [-0.05, 0) is 6.42 Å². The summed E-state index contributed by atoms with van der Waals surface area (Å²) >= 11 is 0. The number of nitrogens with zero attached hydrogens (tertiary/aromatic N) is 1. The Morgan fingerprint density at radius 1 is 0.556 bits per heavy atom. The molecule has 27 heavy (non-hydrogen) atoms. The summed E-state index contributed by atoms with van der Waals surface area (Å²) in [7, 11) is 2.39. The molecule has 1 saturated heterocycles. The van der Waals surface area contributed by atoms with Crippen LogP contribution in [0.25, 0.3) is 0 Å². The molecule has 0 aromatic carbocycles. The monoisotopic (exact) mass is 382 g/mol. The Hall–Kier alpha value is -0.0800. The van der Waals surface area contributed by atoms with Crippen LogP contribution in [0.15, 0.2) is 0 Å². The molecule has 2 heteroatoms. The van der Waals surface area contributed by atoms with Crippen LogP contribution in [-0.2, 0) is 4.74 Å². The fourth-order valence-electron chi connectivity index (χ4n) is 4.46. The highest BCUT2D eigenvalue weighted by Gasteiger charge is 2.25. The van der Waals surface area contributed by atoms with Crippen molar-refractivity contribution in [2.75, 3.05) is 39.9 Å². The summed E-state index contributed by atoms with van der Waals surface area (Å²) in [5.74, 6) is 0. The topological polar surface area (TPSA) is 9.23 Å². The number of likely N-dealkylation sites (tertiary alicyclic amines) is 1. The molecule has 2 nitrogen and oxygen atoms in total. The smallest absolute Gasteiger partial charge is 0.102 e. The van der Waals surface area contributed by atoms with Crippen LogP contribution >= 0.6 is 0 Å². The Balaban J connectivity index is 1.66. The Labute approximate surface area is 172 Å². The zero-order valence-corrected chi connectivity index (χ0v) is 19.1. The Morgan fingerprint density at radius 3 is 1.41 bits per heavy atom. The van der Waals surface area contributed by atoms with E-state index >= 15 is 0 Å². The zero-order valence-electron chi connectivity index (χ0n) is 19.1. The molecule has 0 aromatic rings. The van der Waals surface area contributed by atoms with Gasteiger partial charge in [-0.25, -0.2) is 0 Å². The van der Waals surface area contributed by atoms with E-state index in [2.05, 4.69) is 14.0 Å². The molecule has 1 fully saturated rings. The van der Waals surface area contributed by atoms with E-state index in [1.165, 1.54) is 140 Å². The molecule has 1 rings (SSSR count). The predicted molar refractivity (Wildman–Crippen MR) is 120 cm³/mol. The van der Waals surface area contributed by atoms with Crippen LogP contribution in [0.2, 0.25) is 0 Å². The molecule has 0 bridgehead atoms. The number of hydrogen-bond acceptors (Lipinski definition) is 1. The van der Waals surface area contributed by atoms with E-state index in [-0.39, 0.29) is 0 Å². The van der Waals surface area contributed by atoms with Gasteiger partial charge in [-0.3, -0.25) is 0 Å². The van der Waals surface area contributed by atoms with Gasteiger partial charge >= 0.3 is 0 Å². The summed E-state index contributed by atoms with van der Waals surface area (Å²) in [5, 5.41) is 0. The van der Waals surface area contributed by atoms with Crippen LogP contribution in [0.3, 0.4) is 0 Å². The van der Waals surface area contributed by atoms with Crippen LogP contribution < -0.4 is 0 Å². The highest BCUT2D eigenvalue weighted by atomic mass is 16.5. The molecule has 0 aromatic heterocycles. The SMILES string of the molecule is CCCCCCCCCCCCCCCCCCOCC[N+]1(C)CCCC1. The summed E-state index contributed by atoms with van der Waals surface area (Å²) in [6, 6.07) is 0. The molecule has 0 aliphatic carbocycles. The lowest BCUT2D eigenvalue weighted by atomic mass is 10.0. The molecule has 1 heterocycles. The predicted octanol–water partition coefficient (Wildman–Crippen LogP) is 7.50. The standard InChI is InChI=1S/C25H52NO/c1-3-4-5-6-7-8-9-10-11-12-13-14-15-16-17-20-24-27-25-23-26(2)21-18-19-22-26/h3-25H2,1-2H3/q+1. The molecule has 0 spiro atoms. The summed E-state index contributed by atoms with van der Waals surface area (Å²) in [4.78, 5) is 0. The average molecular weight is 383 g/mol. The highest BCUT2D eigenvalue weighted by molar-refractivity contribution is 4.52. The second kappa shape index (κ2) is 18.0. The van der Waals surface area contributed by atoms with E-state index in [9.17, 15) is 0 Å². The van der Waals surface area contributed by atoms with E-state index in [1.54, 1.807) is 0 Å². The molecule has 0 N–H and O–H groups in total. The van der Waals surface area contributed by atoms with Gasteiger partial charge in [0.05, 0.1) is 26.7 Å². The molecule has 0 unspecified atom stereocenters. The Morgan fingerprint density at radius 2 is 0.963 bits per heavy atom. The van der Waals surface area contributed by atoms with Gasteiger partial charge in [0.15, 0.2) is 0 Å². The minimum atomic E-state index is 0.968. The first-order valence-electron chi connectivity index (χ1n) is 12.7. The van der Waals surface area contributed by atoms with E-state index in [0.717, 1.165) is 13.2 Å². The second-order valence-corrected chi connectivity index (χ2v) is 9.41. The third-order valence-electron chi connectivity index (χ3n) is 6.56. The molecular formula is C25H52NO+. The van der Waals surface area contributed by atoms with E-state index in [4.69, 9.17) is 4.74 Å². The molecule has 1 aliphatic heterocycles. The third-order valence-corrected chi connectivity index (χ3v) is 6.56. The molecule has 1 aliphatic rings. The van der Waals surface area contributed by atoms with Gasteiger partial charge in [-0.2, -0.15) is 0 Å². The van der Waals surface area contributed by atoms with Crippen molar-refractivity contribution in [3.05, 3.63) is 0 Å². The first kappa shape index (κ1) is 25.0. The maximum absolute atomic E-state index is 5.86. The summed E-state index contributed by atoms with van der Waals surface area (Å²) in [6.45, 7) is 8.20. The van der Waals surface area contributed by atoms with E-state index in [0.29, 0.717) is 0 Å². The number of ether oxygens (including phenoxy) is 1. The highest BCUT2D eigenvalue weighted by Crippen LogP contribution is 2.16. The maximum Gasteiger partial charge on any atom is 0.102 e. The average Bonchev–Trinajstić information content (AvgIpc) is 3.10. The van der Waals surface area contributed by atoms with Gasteiger partial charge in [0.1, 0.15) is 6.54 Å². The van der Waals surface area contributed by atoms with Crippen LogP contribution in [0.5, 0.6) is 0 Å². The van der Waals surface area contributed by atoms with Gasteiger partial charge in [0, 0.05) is 19.4 Å². The zero-order chi connectivity index (χ0) is 19.5. The van der Waals surface area contributed by atoms with Gasteiger partial charge < -0.3 is 9.22 Å². The van der Waals surface area contributed by atoms with Crippen molar-refractivity contribution in [2.24, 2.45) is 0 Å². The van der Waals surface area contributed by atoms with Crippen LogP contribution in [-0.4, -0.2) is 44.4 Å². The largest absolute Gasteiger partial charge is 0.376 e. The summed E-state index contributed by atoms with van der Waals surface area (Å²) < 4.78 is 7.11. The van der Waals surface area contributed by atoms with Crippen molar-refractivity contribution in [1.82, 2.24) is 0 Å². The van der Waals surface area contributed by atoms with E-state index in [1.807, 2.05) is 0 Å². The van der Waals surface area contributed by atoms with Gasteiger partial charge in [-0.1, -0.05) is 103 Å². The lowest BCUT2D eigenvalue weighted by Crippen LogP contribution is -2.43. The number of unbranched alkanes of at least 4 members (excludes halogenated alkanes) is 15. The minimum absolute atomic E-state index is 0.968. The number of quaternary nitrogens is 1. The molecule has 0 amide bonds. The normalized spacial score (nSPS) is 16.2. The number of likely N-dealkylation sites (N-methyl/N-ethyl adjacent to an activating group) is 1. The first-order chi connectivity index (χ1) is 13.3. The van der Waals surface area contributed by atoms with Crippen molar-refractivity contribution in [2.45, 2.75) is 122 Å². The van der Waals surface area contributed by atoms with Crippen molar-refractivity contribution in [1.29, 1.82) is 0 Å². The quantitative estimate of drug-likeness (QED) is 0.156. The van der Waals surface area contributed by atoms with Gasteiger partial charge in [0.2, 0.25) is 0 Å². The maximum atomic E-state index is 5.86. The molecular weight excluding hydrogens is 330 g/mol. The van der Waals surface area contributed by atoms with Crippen LogP contribution in [0.1, 0.15) is 122 Å².